The Bertz CT molecular complexity index is 264. The third-order valence-corrected chi connectivity index (χ3v) is 3.74. The number of aliphatic hydroxyl groups is 6. The normalized spacial score (nSPS) is 20.6. The maximum Gasteiger partial charge on any atom is 0.168 e. The van der Waals surface area contributed by atoms with Crippen LogP contribution in [0.25, 0.3) is 0 Å². The predicted molar refractivity (Wildman–Crippen MR) is 78.2 cm³/mol. The van der Waals surface area contributed by atoms with E-state index >= 15 is 0 Å². The third kappa shape index (κ3) is 7.01. The molecular formula is C14H31NO6. The Balaban J connectivity index is 4.22. The molecule has 0 spiro atoms. The monoisotopic (exact) mass is 309 g/mol. The fraction of sp³-hybridized carbons (Fsp3) is 1.00. The van der Waals surface area contributed by atoms with Gasteiger partial charge in [0.1, 0.15) is 18.3 Å². The molecule has 5 atom stereocenters. The molecule has 0 saturated carbocycles. The molecule has 0 heterocycles. The van der Waals surface area contributed by atoms with E-state index in [0.29, 0.717) is 6.42 Å². The van der Waals surface area contributed by atoms with Crippen LogP contribution in [0.4, 0.5) is 0 Å². The van der Waals surface area contributed by atoms with Crippen molar-refractivity contribution in [3.8, 4) is 0 Å². The van der Waals surface area contributed by atoms with Crippen LogP contribution in [0, 0.1) is 0 Å². The summed E-state index contributed by atoms with van der Waals surface area (Å²) in [5, 5.41) is 57.0. The summed E-state index contributed by atoms with van der Waals surface area (Å²) in [5.41, 5.74) is 3.02. The van der Waals surface area contributed by atoms with Gasteiger partial charge in [0.25, 0.3) is 0 Å². The first-order valence-electron chi connectivity index (χ1n) is 7.63. The van der Waals surface area contributed by atoms with Gasteiger partial charge < -0.3 is 30.6 Å². The molecule has 8 N–H and O–H groups in total. The zero-order valence-corrected chi connectivity index (χ0v) is 12.7. The van der Waals surface area contributed by atoms with E-state index in [-0.39, 0.29) is 6.42 Å². The van der Waals surface area contributed by atoms with Crippen molar-refractivity contribution >= 4 is 0 Å². The Hall–Kier alpha value is -0.280. The molecule has 0 bridgehead atoms. The van der Waals surface area contributed by atoms with Crippen LogP contribution in [0.1, 0.15) is 51.9 Å². The van der Waals surface area contributed by atoms with E-state index in [4.69, 9.17) is 10.8 Å². The van der Waals surface area contributed by atoms with Crippen LogP contribution in [-0.2, 0) is 0 Å². The van der Waals surface area contributed by atoms with Gasteiger partial charge in [0.2, 0.25) is 0 Å². The van der Waals surface area contributed by atoms with Crippen LogP contribution >= 0.6 is 0 Å². The summed E-state index contributed by atoms with van der Waals surface area (Å²) in [6.45, 7) is 1.33. The first-order chi connectivity index (χ1) is 9.78. The molecule has 7 nitrogen and oxygen atoms in total. The lowest BCUT2D eigenvalue weighted by Gasteiger charge is -2.36. The second kappa shape index (κ2) is 10.4. The van der Waals surface area contributed by atoms with Crippen molar-refractivity contribution in [1.29, 1.82) is 0 Å². The minimum Gasteiger partial charge on any atom is -0.394 e. The maximum atomic E-state index is 9.93. The lowest BCUT2D eigenvalue weighted by molar-refractivity contribution is -0.195. The number of hydrogen-bond donors (Lipinski definition) is 7. The van der Waals surface area contributed by atoms with Crippen molar-refractivity contribution in [3.63, 3.8) is 0 Å². The lowest BCUT2D eigenvalue weighted by atomic mass is 9.91. The number of hydrogen-bond acceptors (Lipinski definition) is 7. The minimum atomic E-state index is -2.45. The highest BCUT2D eigenvalue weighted by Crippen LogP contribution is 2.19. The van der Waals surface area contributed by atoms with Crippen LogP contribution in [0.15, 0.2) is 0 Å². The van der Waals surface area contributed by atoms with E-state index in [1.165, 1.54) is 0 Å². The molecule has 7 heteroatoms. The summed E-state index contributed by atoms with van der Waals surface area (Å²) in [7, 11) is 0. The molecule has 0 aliphatic heterocycles. The molecule has 0 aromatic rings. The van der Waals surface area contributed by atoms with Gasteiger partial charge in [-0.05, 0) is 6.42 Å². The molecule has 21 heavy (non-hydrogen) atoms. The zero-order valence-electron chi connectivity index (χ0n) is 12.7. The molecule has 0 radical (unpaired) electrons. The molecule has 0 aromatic carbocycles. The molecule has 0 rings (SSSR count). The largest absolute Gasteiger partial charge is 0.394 e. The number of aliphatic hydroxyl groups excluding tert-OH is 5. The molecule has 0 aromatic heterocycles. The van der Waals surface area contributed by atoms with Crippen molar-refractivity contribution in [2.45, 2.75) is 82.0 Å². The average molecular weight is 309 g/mol. The smallest absolute Gasteiger partial charge is 0.168 e. The maximum absolute atomic E-state index is 9.93. The fourth-order valence-electron chi connectivity index (χ4n) is 2.14. The van der Waals surface area contributed by atoms with Crippen molar-refractivity contribution < 1.29 is 30.6 Å². The first kappa shape index (κ1) is 20.7. The van der Waals surface area contributed by atoms with E-state index in [1.807, 2.05) is 0 Å². The Kier molecular flexibility index (Phi) is 10.3. The SMILES string of the molecule is CCCCCCCCC(O)[C@](N)(O)[C@@H](O)[C@H](O)[C@H](O)CO. The van der Waals surface area contributed by atoms with Crippen LogP contribution in [0.2, 0.25) is 0 Å². The second-order valence-corrected chi connectivity index (χ2v) is 5.64. The summed E-state index contributed by atoms with van der Waals surface area (Å²) in [5.74, 6) is 0. The zero-order chi connectivity index (χ0) is 16.5. The molecule has 0 aliphatic rings. The van der Waals surface area contributed by atoms with Crippen molar-refractivity contribution in [1.82, 2.24) is 0 Å². The summed E-state index contributed by atoms with van der Waals surface area (Å²) in [4.78, 5) is 0. The van der Waals surface area contributed by atoms with E-state index in [9.17, 15) is 25.5 Å². The van der Waals surface area contributed by atoms with E-state index < -0.39 is 36.7 Å². The Morgan fingerprint density at radius 3 is 2.00 bits per heavy atom. The second-order valence-electron chi connectivity index (χ2n) is 5.64. The molecule has 0 fully saturated rings. The van der Waals surface area contributed by atoms with Crippen LogP contribution in [-0.4, -0.2) is 67.4 Å². The van der Waals surface area contributed by atoms with Gasteiger partial charge in [0, 0.05) is 0 Å². The van der Waals surface area contributed by atoms with Gasteiger partial charge in [0.15, 0.2) is 5.72 Å². The van der Waals surface area contributed by atoms with Gasteiger partial charge in [-0.2, -0.15) is 0 Å². The summed E-state index contributed by atoms with van der Waals surface area (Å²) >= 11 is 0. The Labute approximate surface area is 126 Å². The van der Waals surface area contributed by atoms with Crippen LogP contribution < -0.4 is 5.73 Å². The van der Waals surface area contributed by atoms with Crippen molar-refractivity contribution in [2.75, 3.05) is 6.61 Å². The van der Waals surface area contributed by atoms with E-state index in [0.717, 1.165) is 32.1 Å². The van der Waals surface area contributed by atoms with Gasteiger partial charge >= 0.3 is 0 Å². The molecule has 0 saturated heterocycles. The Morgan fingerprint density at radius 2 is 1.48 bits per heavy atom. The lowest BCUT2D eigenvalue weighted by Crippen LogP contribution is -2.65. The third-order valence-electron chi connectivity index (χ3n) is 3.74. The fourth-order valence-corrected chi connectivity index (χ4v) is 2.14. The van der Waals surface area contributed by atoms with Gasteiger partial charge in [-0.1, -0.05) is 45.4 Å². The average Bonchev–Trinajstić information content (AvgIpc) is 2.47. The molecular weight excluding hydrogens is 278 g/mol. The standard InChI is InChI=1S/C14H31NO6/c1-2-3-4-5-6-7-8-11(18)14(15,21)13(20)12(19)10(17)9-16/h10-13,16-21H,2-9,15H2,1H3/t10-,11?,12-,13+,14+/m1/s1. The number of unbranched alkanes of at least 4 members (excludes halogenated alkanes) is 5. The van der Waals surface area contributed by atoms with Gasteiger partial charge in [-0.15, -0.1) is 0 Å². The molecule has 0 amide bonds. The van der Waals surface area contributed by atoms with Crippen molar-refractivity contribution in [2.24, 2.45) is 5.73 Å². The van der Waals surface area contributed by atoms with Crippen LogP contribution in [0.5, 0.6) is 0 Å². The highest BCUT2D eigenvalue weighted by molar-refractivity contribution is 4.93. The van der Waals surface area contributed by atoms with Gasteiger partial charge in [0.05, 0.1) is 12.7 Å². The van der Waals surface area contributed by atoms with E-state index in [1.54, 1.807) is 0 Å². The van der Waals surface area contributed by atoms with Gasteiger partial charge in [-0.25, -0.2) is 0 Å². The summed E-state index contributed by atoms with van der Waals surface area (Å²) < 4.78 is 0. The highest BCUT2D eigenvalue weighted by atomic mass is 16.4. The quantitative estimate of drug-likeness (QED) is 0.177. The summed E-state index contributed by atoms with van der Waals surface area (Å²) in [6.07, 6.45) is -0.745. The van der Waals surface area contributed by atoms with Crippen molar-refractivity contribution in [3.05, 3.63) is 0 Å². The molecule has 128 valence electrons. The topological polar surface area (TPSA) is 147 Å². The highest BCUT2D eigenvalue weighted by Gasteiger charge is 2.44. The van der Waals surface area contributed by atoms with E-state index in [2.05, 4.69) is 6.92 Å². The number of rotatable bonds is 12. The summed E-state index contributed by atoms with van der Waals surface area (Å²) in [6, 6.07) is 0. The van der Waals surface area contributed by atoms with Crippen LogP contribution in [0.3, 0.4) is 0 Å². The number of nitrogens with two attached hydrogens (primary N) is 1. The molecule has 1 unspecified atom stereocenters. The van der Waals surface area contributed by atoms with Gasteiger partial charge in [-0.3, -0.25) is 5.73 Å². The Morgan fingerprint density at radius 1 is 0.952 bits per heavy atom. The predicted octanol–water partition coefficient (Wildman–Crippen LogP) is -1.18. The minimum absolute atomic E-state index is 0.179. The first-order valence-corrected chi connectivity index (χ1v) is 7.63. The molecule has 0 aliphatic carbocycles.